The third-order valence-electron chi connectivity index (χ3n) is 4.85. The number of amides is 2. The zero-order valence-electron chi connectivity index (χ0n) is 14.4. The number of hydrogen-bond donors (Lipinski definition) is 2. The quantitative estimate of drug-likeness (QED) is 0.836. The Kier molecular flexibility index (Phi) is 4.45. The fourth-order valence-corrected chi connectivity index (χ4v) is 2.85. The minimum absolute atomic E-state index is 0.110. The molecule has 26 heavy (non-hydrogen) atoms. The Bertz CT molecular complexity index is 840. The molecule has 5 heteroatoms. The van der Waals surface area contributed by atoms with Gasteiger partial charge in [-0.3, -0.25) is 9.59 Å². The summed E-state index contributed by atoms with van der Waals surface area (Å²) in [5.41, 5.74) is 2.00. The Morgan fingerprint density at radius 3 is 2.27 bits per heavy atom. The maximum Gasteiger partial charge on any atom is 0.251 e. The van der Waals surface area contributed by atoms with E-state index in [1.807, 2.05) is 0 Å². The molecule has 2 aromatic rings. The maximum absolute atomic E-state index is 14.3. The van der Waals surface area contributed by atoms with E-state index in [0.717, 1.165) is 12.8 Å². The number of benzene rings is 2. The van der Waals surface area contributed by atoms with Crippen LogP contribution in [0.2, 0.25) is 0 Å². The number of nitrogens with one attached hydrogen (secondary N) is 2. The number of halogens is 1. The van der Waals surface area contributed by atoms with E-state index in [1.54, 1.807) is 30.3 Å². The van der Waals surface area contributed by atoms with Gasteiger partial charge in [0.25, 0.3) is 11.8 Å². The van der Waals surface area contributed by atoms with Crippen LogP contribution in [0.5, 0.6) is 0 Å². The lowest BCUT2D eigenvalue weighted by Gasteiger charge is -2.09. The summed E-state index contributed by atoms with van der Waals surface area (Å²) in [5.74, 6) is -0.0536. The van der Waals surface area contributed by atoms with Crippen molar-refractivity contribution in [2.24, 2.45) is 5.92 Å². The minimum Gasteiger partial charge on any atom is -0.352 e. The molecule has 2 saturated carbocycles. The molecule has 0 aromatic heterocycles. The van der Waals surface area contributed by atoms with Crippen molar-refractivity contribution in [2.45, 2.75) is 31.7 Å². The Hall–Kier alpha value is -2.69. The number of rotatable bonds is 6. The first kappa shape index (κ1) is 16.8. The molecule has 0 heterocycles. The fourth-order valence-electron chi connectivity index (χ4n) is 2.85. The largest absolute Gasteiger partial charge is 0.352 e. The Balaban J connectivity index is 1.50. The first-order valence-corrected chi connectivity index (χ1v) is 9.09. The van der Waals surface area contributed by atoms with Crippen LogP contribution in [0, 0.1) is 11.7 Å². The van der Waals surface area contributed by atoms with E-state index in [4.69, 9.17) is 0 Å². The summed E-state index contributed by atoms with van der Waals surface area (Å²) in [5, 5.41) is 5.82. The second-order valence-electron chi connectivity index (χ2n) is 7.17. The monoisotopic (exact) mass is 352 g/mol. The van der Waals surface area contributed by atoms with Crippen molar-refractivity contribution in [1.82, 2.24) is 10.6 Å². The van der Waals surface area contributed by atoms with Gasteiger partial charge in [0.15, 0.2) is 0 Å². The van der Waals surface area contributed by atoms with Crippen LogP contribution in [0.1, 0.15) is 46.4 Å². The van der Waals surface area contributed by atoms with E-state index in [-0.39, 0.29) is 23.7 Å². The van der Waals surface area contributed by atoms with E-state index < -0.39 is 0 Å². The third kappa shape index (κ3) is 3.93. The number of hydrogen-bond acceptors (Lipinski definition) is 2. The van der Waals surface area contributed by atoms with Crippen molar-refractivity contribution in [3.63, 3.8) is 0 Å². The molecule has 0 bridgehead atoms. The van der Waals surface area contributed by atoms with E-state index >= 15 is 0 Å². The number of carbonyl (C=O) groups is 2. The van der Waals surface area contributed by atoms with Gasteiger partial charge < -0.3 is 10.6 Å². The predicted octanol–water partition coefficient (Wildman–Crippen LogP) is 3.52. The summed E-state index contributed by atoms with van der Waals surface area (Å²) < 4.78 is 14.3. The lowest BCUT2D eigenvalue weighted by molar-refractivity contribution is 0.0943. The van der Waals surface area contributed by atoms with Gasteiger partial charge >= 0.3 is 0 Å². The highest BCUT2D eigenvalue weighted by Crippen LogP contribution is 2.28. The van der Waals surface area contributed by atoms with Crippen LogP contribution >= 0.6 is 0 Å². The average Bonchev–Trinajstić information content (AvgIpc) is 3.55. The summed E-state index contributed by atoms with van der Waals surface area (Å²) in [6, 6.07) is 11.4. The molecule has 0 atom stereocenters. The Labute approximate surface area is 151 Å². The van der Waals surface area contributed by atoms with Crippen molar-refractivity contribution in [1.29, 1.82) is 0 Å². The van der Waals surface area contributed by atoms with Gasteiger partial charge in [0.05, 0.1) is 0 Å². The molecule has 4 rings (SSSR count). The van der Waals surface area contributed by atoms with Crippen molar-refractivity contribution >= 4 is 11.8 Å². The average molecular weight is 352 g/mol. The van der Waals surface area contributed by atoms with E-state index in [0.29, 0.717) is 34.7 Å². The van der Waals surface area contributed by atoms with Crippen LogP contribution in [0.15, 0.2) is 42.5 Å². The highest BCUT2D eigenvalue weighted by Gasteiger charge is 2.24. The van der Waals surface area contributed by atoms with Crippen LogP contribution in [-0.4, -0.2) is 24.4 Å². The van der Waals surface area contributed by atoms with Crippen molar-refractivity contribution < 1.29 is 14.0 Å². The third-order valence-corrected chi connectivity index (χ3v) is 4.85. The minimum atomic E-state index is -0.390. The molecule has 2 aromatic carbocycles. The second kappa shape index (κ2) is 6.90. The molecule has 2 amide bonds. The zero-order chi connectivity index (χ0) is 18.1. The lowest BCUT2D eigenvalue weighted by atomic mass is 10.0. The molecule has 0 radical (unpaired) electrons. The van der Waals surface area contributed by atoms with Gasteiger partial charge in [-0.05, 0) is 67.5 Å². The smallest absolute Gasteiger partial charge is 0.251 e. The highest BCUT2D eigenvalue weighted by molar-refractivity contribution is 5.96. The van der Waals surface area contributed by atoms with Gasteiger partial charge in [0.2, 0.25) is 0 Å². The summed E-state index contributed by atoms with van der Waals surface area (Å²) in [6.45, 7) is 0.716. The van der Waals surface area contributed by atoms with Gasteiger partial charge in [-0.1, -0.05) is 12.1 Å². The van der Waals surface area contributed by atoms with E-state index in [1.165, 1.54) is 25.0 Å². The van der Waals surface area contributed by atoms with Crippen LogP contribution < -0.4 is 10.6 Å². The Morgan fingerprint density at radius 1 is 0.923 bits per heavy atom. The van der Waals surface area contributed by atoms with Crippen LogP contribution in [0.3, 0.4) is 0 Å². The molecule has 2 fully saturated rings. The lowest BCUT2D eigenvalue weighted by Crippen LogP contribution is -2.25. The summed E-state index contributed by atoms with van der Waals surface area (Å²) in [7, 11) is 0. The van der Waals surface area contributed by atoms with E-state index in [2.05, 4.69) is 10.6 Å². The molecule has 0 spiro atoms. The molecule has 2 aliphatic carbocycles. The van der Waals surface area contributed by atoms with Crippen molar-refractivity contribution in [3.8, 4) is 11.1 Å². The molecule has 4 nitrogen and oxygen atoms in total. The zero-order valence-corrected chi connectivity index (χ0v) is 14.4. The molecular formula is C21H21FN2O2. The number of carbonyl (C=O) groups excluding carboxylic acids is 2. The standard InChI is InChI=1S/C21H21FN2O2/c22-19-10-7-16(21(26)24-17-8-9-17)11-18(19)14-3-5-15(6-4-14)20(25)23-12-13-1-2-13/h3-7,10-11,13,17H,1-2,8-9,12H2,(H,23,25)(H,24,26). The van der Waals surface area contributed by atoms with Gasteiger partial charge in [-0.15, -0.1) is 0 Å². The first-order chi connectivity index (χ1) is 12.6. The predicted molar refractivity (Wildman–Crippen MR) is 97.4 cm³/mol. The van der Waals surface area contributed by atoms with Gasteiger partial charge in [0, 0.05) is 29.3 Å². The molecule has 2 aliphatic rings. The molecule has 0 aliphatic heterocycles. The van der Waals surface area contributed by atoms with E-state index in [9.17, 15) is 14.0 Å². The Morgan fingerprint density at radius 2 is 1.62 bits per heavy atom. The topological polar surface area (TPSA) is 58.2 Å². The summed E-state index contributed by atoms with van der Waals surface area (Å²) >= 11 is 0. The molecule has 0 unspecified atom stereocenters. The van der Waals surface area contributed by atoms with Crippen LogP contribution in [-0.2, 0) is 0 Å². The molecular weight excluding hydrogens is 331 g/mol. The van der Waals surface area contributed by atoms with Crippen molar-refractivity contribution in [3.05, 3.63) is 59.4 Å². The SMILES string of the molecule is O=C(NCC1CC1)c1ccc(-c2cc(C(=O)NC3CC3)ccc2F)cc1. The highest BCUT2D eigenvalue weighted by atomic mass is 19.1. The normalized spacial score (nSPS) is 16.2. The maximum atomic E-state index is 14.3. The first-order valence-electron chi connectivity index (χ1n) is 9.09. The fraction of sp³-hybridized carbons (Fsp3) is 0.333. The second-order valence-corrected chi connectivity index (χ2v) is 7.17. The van der Waals surface area contributed by atoms with Gasteiger partial charge in [-0.2, -0.15) is 0 Å². The van der Waals surface area contributed by atoms with Crippen LogP contribution in [0.4, 0.5) is 4.39 Å². The molecule has 134 valence electrons. The van der Waals surface area contributed by atoms with Gasteiger partial charge in [0.1, 0.15) is 5.82 Å². The molecule has 0 saturated heterocycles. The summed E-state index contributed by atoms with van der Waals surface area (Å²) in [6.07, 6.45) is 4.38. The summed E-state index contributed by atoms with van der Waals surface area (Å²) in [4.78, 5) is 24.3. The van der Waals surface area contributed by atoms with Gasteiger partial charge in [-0.25, -0.2) is 4.39 Å². The molecule has 2 N–H and O–H groups in total. The van der Waals surface area contributed by atoms with Crippen LogP contribution in [0.25, 0.3) is 11.1 Å². The van der Waals surface area contributed by atoms with Crippen molar-refractivity contribution in [2.75, 3.05) is 6.54 Å².